The molecule has 0 radical (unpaired) electrons. The number of hydrogen-bond donors (Lipinski definition) is 0. The molecular formula is C32H31NO3. The molecule has 3 aliphatic rings. The van der Waals surface area contributed by atoms with Crippen LogP contribution in [0.2, 0.25) is 0 Å². The van der Waals surface area contributed by atoms with Crippen LogP contribution in [0.5, 0.6) is 0 Å². The summed E-state index contributed by atoms with van der Waals surface area (Å²) < 4.78 is 6.01. The third-order valence-corrected chi connectivity index (χ3v) is 8.32. The van der Waals surface area contributed by atoms with Gasteiger partial charge in [-0.15, -0.1) is 0 Å². The Labute approximate surface area is 212 Å². The van der Waals surface area contributed by atoms with E-state index in [1.807, 2.05) is 29.2 Å². The van der Waals surface area contributed by atoms with Gasteiger partial charge in [-0.25, -0.2) is 4.79 Å². The van der Waals surface area contributed by atoms with Crippen LogP contribution < -0.4 is 0 Å². The Kier molecular flexibility index (Phi) is 5.96. The van der Waals surface area contributed by atoms with E-state index in [2.05, 4.69) is 55.1 Å². The smallest absolute Gasteiger partial charge is 0.410 e. The second-order valence-electron chi connectivity index (χ2n) is 10.3. The third-order valence-electron chi connectivity index (χ3n) is 8.32. The summed E-state index contributed by atoms with van der Waals surface area (Å²) in [5.41, 5.74) is 6.65. The minimum Gasteiger partial charge on any atom is -0.448 e. The number of nitrogens with zero attached hydrogens (tertiary/aromatic N) is 1. The molecule has 1 aliphatic carbocycles. The van der Waals surface area contributed by atoms with E-state index in [9.17, 15) is 9.59 Å². The number of ketones is 1. The van der Waals surface area contributed by atoms with Gasteiger partial charge in [0.1, 0.15) is 6.61 Å². The first-order chi connectivity index (χ1) is 17.6. The minimum atomic E-state index is -0.229. The molecule has 2 unspecified atom stereocenters. The maximum absolute atomic E-state index is 13.4. The van der Waals surface area contributed by atoms with Crippen molar-refractivity contribution < 1.29 is 14.3 Å². The van der Waals surface area contributed by atoms with E-state index in [1.165, 1.54) is 22.3 Å². The molecule has 2 fully saturated rings. The monoisotopic (exact) mass is 477 g/mol. The zero-order valence-corrected chi connectivity index (χ0v) is 20.4. The van der Waals surface area contributed by atoms with Crippen LogP contribution in [0.15, 0.2) is 79.4 Å². The zero-order valence-electron chi connectivity index (χ0n) is 20.4. The number of carbonyl (C=O) groups excluding carboxylic acids is 2. The fourth-order valence-corrected chi connectivity index (χ4v) is 6.58. The molecule has 2 aliphatic heterocycles. The largest absolute Gasteiger partial charge is 0.448 e. The van der Waals surface area contributed by atoms with E-state index in [4.69, 9.17) is 4.74 Å². The highest BCUT2D eigenvalue weighted by Crippen LogP contribution is 2.45. The van der Waals surface area contributed by atoms with Crippen molar-refractivity contribution in [1.29, 1.82) is 0 Å². The number of carbonyl (C=O) groups is 2. The van der Waals surface area contributed by atoms with Crippen molar-refractivity contribution in [3.63, 3.8) is 0 Å². The second-order valence-corrected chi connectivity index (χ2v) is 10.3. The molecule has 2 heterocycles. The number of fused-ring (bicyclic) bond motifs is 5. The Hall–Kier alpha value is -3.66. The van der Waals surface area contributed by atoms with Gasteiger partial charge in [0.25, 0.3) is 0 Å². The lowest BCUT2D eigenvalue weighted by Crippen LogP contribution is -2.55. The van der Waals surface area contributed by atoms with Gasteiger partial charge in [0.15, 0.2) is 5.78 Å². The highest BCUT2D eigenvalue weighted by atomic mass is 16.6. The Morgan fingerprint density at radius 3 is 2.03 bits per heavy atom. The maximum atomic E-state index is 13.4. The van der Waals surface area contributed by atoms with Gasteiger partial charge >= 0.3 is 6.09 Å². The summed E-state index contributed by atoms with van der Waals surface area (Å²) in [7, 11) is 0. The molecule has 0 saturated carbocycles. The summed E-state index contributed by atoms with van der Waals surface area (Å²) in [5.74, 6) is 0.195. The number of piperidine rings is 2. The van der Waals surface area contributed by atoms with E-state index < -0.39 is 0 Å². The first-order valence-electron chi connectivity index (χ1n) is 13.0. The second kappa shape index (κ2) is 9.42. The molecule has 1 amide bonds. The van der Waals surface area contributed by atoms with Crippen LogP contribution >= 0.6 is 0 Å². The van der Waals surface area contributed by atoms with Crippen LogP contribution in [0.25, 0.3) is 17.2 Å². The summed E-state index contributed by atoms with van der Waals surface area (Å²) in [6.07, 6.45) is 5.93. The Morgan fingerprint density at radius 1 is 0.861 bits per heavy atom. The molecule has 2 atom stereocenters. The normalized spacial score (nSPS) is 22.4. The van der Waals surface area contributed by atoms with Crippen molar-refractivity contribution in [3.8, 4) is 11.1 Å². The molecule has 0 N–H and O–H groups in total. The predicted octanol–water partition coefficient (Wildman–Crippen LogP) is 7.09. The van der Waals surface area contributed by atoms with Crippen molar-refractivity contribution in [2.24, 2.45) is 5.92 Å². The SMILES string of the molecule is C=Cc1ccc(C(=O)C2CC3CCCC(C2)N3C(=O)OCC2c3ccccc3-c3ccccc32)cc1. The molecule has 3 aromatic carbocycles. The van der Waals surface area contributed by atoms with E-state index in [1.54, 1.807) is 6.08 Å². The lowest BCUT2D eigenvalue weighted by atomic mass is 9.76. The summed E-state index contributed by atoms with van der Waals surface area (Å²) in [5, 5.41) is 0. The molecule has 2 bridgehead atoms. The maximum Gasteiger partial charge on any atom is 0.410 e. The molecule has 4 heteroatoms. The van der Waals surface area contributed by atoms with Gasteiger partial charge in [0.2, 0.25) is 0 Å². The quantitative estimate of drug-likeness (QED) is 0.368. The van der Waals surface area contributed by atoms with Crippen LogP contribution in [-0.4, -0.2) is 35.5 Å². The van der Waals surface area contributed by atoms with Crippen LogP contribution in [0.1, 0.15) is 65.1 Å². The molecule has 4 nitrogen and oxygen atoms in total. The standard InChI is InChI=1S/C32H31NO3/c1-2-21-14-16-22(17-15-21)31(34)23-18-24-8-7-9-25(19-23)33(24)32(35)36-20-30-28-12-5-3-10-26(28)27-11-4-6-13-29(27)30/h2-6,10-17,23-25,30H,1,7-9,18-20H2. The van der Waals surface area contributed by atoms with Crippen molar-refractivity contribution in [3.05, 3.63) is 102 Å². The van der Waals surface area contributed by atoms with E-state index in [0.717, 1.165) is 30.4 Å². The summed E-state index contributed by atoms with van der Waals surface area (Å²) in [6.45, 7) is 4.12. The number of Topliss-reactive ketones (excluding diaryl/α,β-unsaturated/α-hetero) is 1. The highest BCUT2D eigenvalue weighted by molar-refractivity contribution is 5.98. The van der Waals surface area contributed by atoms with Gasteiger partial charge in [0.05, 0.1) is 0 Å². The number of amides is 1. The van der Waals surface area contributed by atoms with Crippen LogP contribution in [-0.2, 0) is 4.74 Å². The molecule has 3 aromatic rings. The van der Waals surface area contributed by atoms with E-state index in [-0.39, 0.29) is 35.8 Å². The van der Waals surface area contributed by atoms with Crippen molar-refractivity contribution in [1.82, 2.24) is 4.90 Å². The van der Waals surface area contributed by atoms with Gasteiger partial charge in [0, 0.05) is 29.5 Å². The van der Waals surface area contributed by atoms with Crippen molar-refractivity contribution in [2.75, 3.05) is 6.61 Å². The van der Waals surface area contributed by atoms with Gasteiger partial charge in [-0.2, -0.15) is 0 Å². The fraction of sp³-hybridized carbons (Fsp3) is 0.312. The average Bonchev–Trinajstić information content (AvgIpc) is 3.24. The number of rotatable bonds is 5. The Balaban J connectivity index is 1.15. The number of ether oxygens (including phenoxy) is 1. The predicted molar refractivity (Wildman–Crippen MR) is 142 cm³/mol. The third kappa shape index (κ3) is 3.95. The van der Waals surface area contributed by atoms with Crippen LogP contribution in [0.4, 0.5) is 4.79 Å². The van der Waals surface area contributed by atoms with Crippen LogP contribution in [0, 0.1) is 5.92 Å². The van der Waals surface area contributed by atoms with Crippen molar-refractivity contribution in [2.45, 2.75) is 50.1 Å². The van der Waals surface area contributed by atoms with Crippen LogP contribution in [0.3, 0.4) is 0 Å². The number of hydrogen-bond acceptors (Lipinski definition) is 3. The lowest BCUT2D eigenvalue weighted by Gasteiger charge is -2.47. The topological polar surface area (TPSA) is 46.6 Å². The first-order valence-corrected chi connectivity index (χ1v) is 13.0. The molecule has 36 heavy (non-hydrogen) atoms. The molecule has 0 aromatic heterocycles. The van der Waals surface area contributed by atoms with Gasteiger partial charge in [-0.05, 0) is 59.9 Å². The molecule has 2 saturated heterocycles. The average molecular weight is 478 g/mol. The summed E-state index contributed by atoms with van der Waals surface area (Å²) >= 11 is 0. The first kappa shape index (κ1) is 22.8. The molecule has 0 spiro atoms. The fourth-order valence-electron chi connectivity index (χ4n) is 6.58. The molecule has 6 rings (SSSR count). The Bertz CT molecular complexity index is 1250. The van der Waals surface area contributed by atoms with E-state index in [0.29, 0.717) is 19.4 Å². The molecular weight excluding hydrogens is 446 g/mol. The Morgan fingerprint density at radius 2 is 1.44 bits per heavy atom. The minimum absolute atomic E-state index is 0.0486. The summed E-state index contributed by atoms with van der Waals surface area (Å²) in [4.78, 5) is 28.7. The lowest BCUT2D eigenvalue weighted by molar-refractivity contribution is 0.00651. The van der Waals surface area contributed by atoms with Crippen molar-refractivity contribution >= 4 is 18.0 Å². The van der Waals surface area contributed by atoms with E-state index >= 15 is 0 Å². The molecule has 182 valence electrons. The van der Waals surface area contributed by atoms with Gasteiger partial charge in [-0.3, -0.25) is 4.79 Å². The number of benzene rings is 3. The summed E-state index contributed by atoms with van der Waals surface area (Å²) in [6, 6.07) is 24.6. The zero-order chi connectivity index (χ0) is 24.6. The van der Waals surface area contributed by atoms with Gasteiger partial charge in [-0.1, -0.05) is 85.5 Å². The highest BCUT2D eigenvalue weighted by Gasteiger charge is 2.44. The van der Waals surface area contributed by atoms with Gasteiger partial charge < -0.3 is 9.64 Å².